The second-order valence-electron chi connectivity index (χ2n) is 6.05. The summed E-state index contributed by atoms with van der Waals surface area (Å²) < 4.78 is 6.62. The zero-order valence-corrected chi connectivity index (χ0v) is 15.5. The number of benzene rings is 2. The topological polar surface area (TPSA) is 61.2 Å². The third kappa shape index (κ3) is 2.99. The number of halogens is 1. The van der Waals surface area contributed by atoms with E-state index in [4.69, 9.17) is 16.3 Å². The van der Waals surface area contributed by atoms with Crippen molar-refractivity contribution in [2.75, 3.05) is 6.61 Å². The minimum Gasteiger partial charge on any atom is -0.465 e. The van der Waals surface area contributed by atoms with E-state index in [0.29, 0.717) is 34.1 Å². The third-order valence-corrected chi connectivity index (χ3v) is 5.72. The summed E-state index contributed by atoms with van der Waals surface area (Å²) in [5.74, 6) is -0.272. The van der Waals surface area contributed by atoms with Crippen LogP contribution in [0.25, 0.3) is 16.6 Å². The number of para-hydroxylation sites is 1. The number of cyclic esters (lactones) is 1. The molecule has 1 aliphatic rings. The van der Waals surface area contributed by atoms with E-state index >= 15 is 0 Å². The number of rotatable bonds is 3. The molecule has 4 rings (SSSR count). The molecule has 0 bridgehead atoms. The highest BCUT2D eigenvalue weighted by Gasteiger charge is 2.30. The van der Waals surface area contributed by atoms with E-state index in [1.807, 2.05) is 31.2 Å². The number of aryl methyl sites for hydroxylation is 1. The molecule has 2 aromatic carbocycles. The standard InChI is InChI=1S/C19H15ClN2O3S/c1-11-4-2-3-5-15(11)22-17(23)13-7-6-12(20)10-14(13)21-19(22)26-16-8-9-25-18(16)24/h2-7,10,16H,8-9H2,1H3/t16-/m0/s1. The van der Waals surface area contributed by atoms with Crippen LogP contribution in [0.5, 0.6) is 0 Å². The maximum Gasteiger partial charge on any atom is 0.319 e. The Balaban J connectivity index is 1.97. The number of hydrogen-bond acceptors (Lipinski definition) is 5. The van der Waals surface area contributed by atoms with Crippen LogP contribution in [-0.4, -0.2) is 27.4 Å². The lowest BCUT2D eigenvalue weighted by Crippen LogP contribution is -2.24. The van der Waals surface area contributed by atoms with Gasteiger partial charge < -0.3 is 4.74 Å². The molecule has 0 aliphatic carbocycles. The highest BCUT2D eigenvalue weighted by molar-refractivity contribution is 8.00. The normalized spacial score (nSPS) is 16.8. The molecule has 7 heteroatoms. The fraction of sp³-hybridized carbons (Fsp3) is 0.211. The van der Waals surface area contributed by atoms with Gasteiger partial charge in [-0.1, -0.05) is 41.6 Å². The molecular weight excluding hydrogens is 372 g/mol. The number of carbonyl (C=O) groups is 1. The number of ether oxygens (including phenoxy) is 1. The predicted octanol–water partition coefficient (Wildman–Crippen LogP) is 3.76. The van der Waals surface area contributed by atoms with E-state index in [0.717, 1.165) is 11.3 Å². The first-order chi connectivity index (χ1) is 12.5. The number of carbonyl (C=O) groups excluding carboxylic acids is 1. The van der Waals surface area contributed by atoms with Crippen molar-refractivity contribution in [2.24, 2.45) is 0 Å². The SMILES string of the molecule is Cc1ccccc1-n1c(S[C@H]2CCOC2=O)nc2cc(Cl)ccc2c1=O. The molecular formula is C19H15ClN2O3S. The monoisotopic (exact) mass is 386 g/mol. The smallest absolute Gasteiger partial charge is 0.319 e. The minimum atomic E-state index is -0.367. The van der Waals surface area contributed by atoms with Crippen molar-refractivity contribution in [3.63, 3.8) is 0 Å². The average Bonchev–Trinajstić information content (AvgIpc) is 3.01. The quantitative estimate of drug-likeness (QED) is 0.506. The first kappa shape index (κ1) is 17.1. The summed E-state index contributed by atoms with van der Waals surface area (Å²) in [4.78, 5) is 29.8. The summed E-state index contributed by atoms with van der Waals surface area (Å²) in [5, 5.41) is 1.09. The van der Waals surface area contributed by atoms with Crippen LogP contribution >= 0.6 is 23.4 Å². The lowest BCUT2D eigenvalue weighted by molar-refractivity contribution is -0.137. The lowest BCUT2D eigenvalue weighted by Gasteiger charge is -2.16. The van der Waals surface area contributed by atoms with Crippen LogP contribution in [0.2, 0.25) is 5.02 Å². The summed E-state index contributed by atoms with van der Waals surface area (Å²) >= 11 is 7.33. The Labute approximate surface area is 159 Å². The van der Waals surface area contributed by atoms with Crippen molar-refractivity contribution in [3.8, 4) is 5.69 Å². The molecule has 1 aromatic heterocycles. The maximum atomic E-state index is 13.2. The van der Waals surface area contributed by atoms with Crippen molar-refractivity contribution in [3.05, 3.63) is 63.4 Å². The second kappa shape index (κ2) is 6.78. The Hall–Kier alpha value is -2.31. The molecule has 5 nitrogen and oxygen atoms in total. The Bertz CT molecular complexity index is 1080. The Morgan fingerprint density at radius 2 is 2.04 bits per heavy atom. The second-order valence-corrected chi connectivity index (χ2v) is 7.65. The molecule has 132 valence electrons. The predicted molar refractivity (Wildman–Crippen MR) is 102 cm³/mol. The maximum absolute atomic E-state index is 13.2. The van der Waals surface area contributed by atoms with Gasteiger partial charge in [0.2, 0.25) is 0 Å². The van der Waals surface area contributed by atoms with Crippen LogP contribution in [0.1, 0.15) is 12.0 Å². The number of hydrogen-bond donors (Lipinski definition) is 0. The Morgan fingerprint density at radius 3 is 2.77 bits per heavy atom. The first-order valence-corrected chi connectivity index (χ1v) is 9.42. The number of aromatic nitrogens is 2. The lowest BCUT2D eigenvalue weighted by atomic mass is 10.2. The average molecular weight is 387 g/mol. The molecule has 2 heterocycles. The highest BCUT2D eigenvalue weighted by Crippen LogP contribution is 2.31. The van der Waals surface area contributed by atoms with Gasteiger partial charge in [-0.25, -0.2) is 4.98 Å². The molecule has 0 spiro atoms. The van der Waals surface area contributed by atoms with Gasteiger partial charge in [-0.2, -0.15) is 0 Å². The van der Waals surface area contributed by atoms with Gasteiger partial charge in [-0.3, -0.25) is 14.2 Å². The highest BCUT2D eigenvalue weighted by atomic mass is 35.5. The van der Waals surface area contributed by atoms with Crippen LogP contribution in [-0.2, 0) is 9.53 Å². The Morgan fingerprint density at radius 1 is 1.23 bits per heavy atom. The van der Waals surface area contributed by atoms with E-state index in [2.05, 4.69) is 4.98 Å². The van der Waals surface area contributed by atoms with Gasteiger partial charge in [0.05, 0.1) is 23.2 Å². The minimum absolute atomic E-state index is 0.185. The molecule has 0 N–H and O–H groups in total. The first-order valence-electron chi connectivity index (χ1n) is 8.16. The molecule has 0 saturated carbocycles. The van der Waals surface area contributed by atoms with Gasteiger partial charge in [0, 0.05) is 11.4 Å². The van der Waals surface area contributed by atoms with Gasteiger partial charge in [0.25, 0.3) is 5.56 Å². The summed E-state index contributed by atoms with van der Waals surface area (Å²) in [6.07, 6.45) is 0.598. The van der Waals surface area contributed by atoms with E-state index in [-0.39, 0.29) is 16.8 Å². The van der Waals surface area contributed by atoms with Gasteiger partial charge in [-0.15, -0.1) is 0 Å². The van der Waals surface area contributed by atoms with Crippen LogP contribution in [0.3, 0.4) is 0 Å². The van der Waals surface area contributed by atoms with Gasteiger partial charge >= 0.3 is 5.97 Å². The molecule has 1 saturated heterocycles. The largest absolute Gasteiger partial charge is 0.465 e. The third-order valence-electron chi connectivity index (χ3n) is 4.29. The molecule has 3 aromatic rings. The van der Waals surface area contributed by atoms with Crippen LogP contribution in [0.15, 0.2) is 52.4 Å². The number of fused-ring (bicyclic) bond motifs is 1. The Kier molecular flexibility index (Phi) is 4.46. The van der Waals surface area contributed by atoms with Crippen LogP contribution in [0.4, 0.5) is 0 Å². The number of thioether (sulfide) groups is 1. The van der Waals surface area contributed by atoms with Crippen molar-refractivity contribution in [1.82, 2.24) is 9.55 Å². The fourth-order valence-corrected chi connectivity index (χ4v) is 4.19. The van der Waals surface area contributed by atoms with E-state index < -0.39 is 0 Å². The fourth-order valence-electron chi connectivity index (χ4n) is 2.96. The molecule has 0 radical (unpaired) electrons. The molecule has 1 fully saturated rings. The molecule has 26 heavy (non-hydrogen) atoms. The van der Waals surface area contributed by atoms with E-state index in [1.165, 1.54) is 11.8 Å². The zero-order chi connectivity index (χ0) is 18.3. The summed E-state index contributed by atoms with van der Waals surface area (Å²) in [5.41, 5.74) is 2.02. The van der Waals surface area contributed by atoms with E-state index in [9.17, 15) is 9.59 Å². The summed E-state index contributed by atoms with van der Waals surface area (Å²) in [6.45, 7) is 2.33. The number of esters is 1. The summed E-state index contributed by atoms with van der Waals surface area (Å²) in [7, 11) is 0. The van der Waals surface area contributed by atoms with Crippen molar-refractivity contribution >= 4 is 40.2 Å². The molecule has 0 unspecified atom stereocenters. The van der Waals surface area contributed by atoms with E-state index in [1.54, 1.807) is 22.8 Å². The van der Waals surface area contributed by atoms with Crippen molar-refractivity contribution in [1.29, 1.82) is 0 Å². The van der Waals surface area contributed by atoms with Crippen LogP contribution in [0, 0.1) is 6.92 Å². The number of nitrogens with zero attached hydrogens (tertiary/aromatic N) is 2. The zero-order valence-electron chi connectivity index (χ0n) is 13.9. The van der Waals surface area contributed by atoms with Gasteiger partial charge in [0.15, 0.2) is 5.16 Å². The summed E-state index contributed by atoms with van der Waals surface area (Å²) in [6, 6.07) is 12.6. The van der Waals surface area contributed by atoms with Crippen LogP contribution < -0.4 is 5.56 Å². The van der Waals surface area contributed by atoms with Gasteiger partial charge in [0.1, 0.15) is 5.25 Å². The van der Waals surface area contributed by atoms with Crippen molar-refractivity contribution in [2.45, 2.75) is 23.8 Å². The molecule has 1 atom stereocenters. The van der Waals surface area contributed by atoms with Gasteiger partial charge in [-0.05, 0) is 36.8 Å². The molecule has 1 aliphatic heterocycles. The molecule has 0 amide bonds. The van der Waals surface area contributed by atoms with Crippen molar-refractivity contribution < 1.29 is 9.53 Å².